The molecule has 0 saturated carbocycles. The molecule has 3 N–H and O–H groups in total. The van der Waals surface area contributed by atoms with Gasteiger partial charge in [-0.3, -0.25) is 9.69 Å². The van der Waals surface area contributed by atoms with Crippen LogP contribution in [0.15, 0.2) is 23.1 Å². The molecular formula is C21H26F3N5O4S. The van der Waals surface area contributed by atoms with Crippen molar-refractivity contribution in [1.82, 2.24) is 20.0 Å². The summed E-state index contributed by atoms with van der Waals surface area (Å²) in [5.74, 6) is -0.623. The van der Waals surface area contributed by atoms with Gasteiger partial charge in [-0.05, 0) is 43.9 Å². The van der Waals surface area contributed by atoms with E-state index in [1.807, 2.05) is 0 Å². The van der Waals surface area contributed by atoms with Gasteiger partial charge in [-0.15, -0.1) is 0 Å². The molecule has 0 bridgehead atoms. The number of nitrogens with one attached hydrogen (secondary N) is 1. The van der Waals surface area contributed by atoms with E-state index in [0.717, 1.165) is 23.8 Å². The van der Waals surface area contributed by atoms with Crippen molar-refractivity contribution in [2.24, 2.45) is 5.14 Å². The van der Waals surface area contributed by atoms with Gasteiger partial charge in [-0.25, -0.2) is 18.2 Å². The molecular weight excluding hydrogens is 475 g/mol. The van der Waals surface area contributed by atoms with Crippen molar-refractivity contribution in [3.63, 3.8) is 0 Å². The van der Waals surface area contributed by atoms with Crippen LogP contribution in [0.5, 0.6) is 0 Å². The van der Waals surface area contributed by atoms with Gasteiger partial charge in [0.15, 0.2) is 5.69 Å². The first kappa shape index (κ1) is 24.6. The third-order valence-corrected chi connectivity index (χ3v) is 6.95. The van der Waals surface area contributed by atoms with Crippen LogP contribution in [0.25, 0.3) is 5.69 Å². The number of aromatic nitrogens is 2. The number of carbonyl (C=O) groups excluding carboxylic acids is 1. The van der Waals surface area contributed by atoms with Gasteiger partial charge in [-0.1, -0.05) is 0 Å². The standard InChI is InChI=1S/C21H26F3N5O4S/c22-21(23,24)19-15-3-1-2-4-17(15)29(27-19)18-6-5-14(34(25,31)32)13-16(18)20(30)26-7-8-28-9-11-33-12-10-28/h5-6,13H,1-4,7-12H2,(H,26,30)(H2,25,31,32). The Morgan fingerprint density at radius 3 is 2.56 bits per heavy atom. The zero-order valence-corrected chi connectivity index (χ0v) is 19.2. The van der Waals surface area contributed by atoms with Crippen molar-refractivity contribution < 1.29 is 31.1 Å². The highest BCUT2D eigenvalue weighted by Gasteiger charge is 2.40. The van der Waals surface area contributed by atoms with E-state index in [4.69, 9.17) is 9.88 Å². The summed E-state index contributed by atoms with van der Waals surface area (Å²) in [4.78, 5) is 14.9. The molecule has 186 valence electrons. The maximum Gasteiger partial charge on any atom is 0.435 e. The number of fused-ring (bicyclic) bond motifs is 1. The van der Waals surface area contributed by atoms with Crippen LogP contribution in [0.4, 0.5) is 13.2 Å². The van der Waals surface area contributed by atoms with E-state index in [1.54, 1.807) is 0 Å². The highest BCUT2D eigenvalue weighted by atomic mass is 32.2. The quantitative estimate of drug-likeness (QED) is 0.619. The predicted molar refractivity (Wildman–Crippen MR) is 116 cm³/mol. The first-order chi connectivity index (χ1) is 16.1. The van der Waals surface area contributed by atoms with Crippen LogP contribution in [-0.2, 0) is 33.8 Å². The van der Waals surface area contributed by atoms with Crippen LogP contribution in [0.3, 0.4) is 0 Å². The predicted octanol–water partition coefficient (Wildman–Crippen LogP) is 1.48. The number of hydrogen-bond acceptors (Lipinski definition) is 6. The number of nitrogens with two attached hydrogens (primary N) is 1. The molecule has 9 nitrogen and oxygen atoms in total. The lowest BCUT2D eigenvalue weighted by atomic mass is 9.95. The number of rotatable bonds is 6. The molecule has 0 atom stereocenters. The third kappa shape index (κ3) is 5.27. The van der Waals surface area contributed by atoms with Gasteiger partial charge < -0.3 is 10.1 Å². The van der Waals surface area contributed by atoms with Crippen LogP contribution < -0.4 is 10.5 Å². The van der Waals surface area contributed by atoms with E-state index in [-0.39, 0.29) is 34.7 Å². The van der Waals surface area contributed by atoms with Crippen molar-refractivity contribution in [2.75, 3.05) is 39.4 Å². The number of amides is 1. The van der Waals surface area contributed by atoms with Crippen LogP contribution in [-0.4, -0.2) is 68.4 Å². The van der Waals surface area contributed by atoms with Crippen molar-refractivity contribution >= 4 is 15.9 Å². The molecule has 2 aromatic rings. The van der Waals surface area contributed by atoms with E-state index in [0.29, 0.717) is 44.7 Å². The highest BCUT2D eigenvalue weighted by Crippen LogP contribution is 2.37. The summed E-state index contributed by atoms with van der Waals surface area (Å²) in [6.07, 6.45) is -2.74. The smallest absolute Gasteiger partial charge is 0.379 e. The van der Waals surface area contributed by atoms with Crippen LogP contribution in [0.1, 0.15) is 40.2 Å². The molecule has 0 radical (unpaired) electrons. The molecule has 2 heterocycles. The first-order valence-corrected chi connectivity index (χ1v) is 12.5. The Kier molecular flexibility index (Phi) is 6.99. The number of benzene rings is 1. The molecule has 4 rings (SSSR count). The fraction of sp³-hybridized carbons (Fsp3) is 0.524. The summed E-state index contributed by atoms with van der Waals surface area (Å²) in [5.41, 5.74) is -0.517. The Bertz CT molecular complexity index is 1170. The topological polar surface area (TPSA) is 120 Å². The summed E-state index contributed by atoms with van der Waals surface area (Å²) >= 11 is 0. The minimum absolute atomic E-state index is 0.0740. The van der Waals surface area contributed by atoms with E-state index >= 15 is 0 Å². The van der Waals surface area contributed by atoms with E-state index in [9.17, 15) is 26.4 Å². The summed E-state index contributed by atoms with van der Waals surface area (Å²) < 4.78 is 71.2. The van der Waals surface area contributed by atoms with Crippen molar-refractivity contribution in [3.05, 3.63) is 40.7 Å². The number of nitrogens with zero attached hydrogens (tertiary/aromatic N) is 3. The Morgan fingerprint density at radius 1 is 1.18 bits per heavy atom. The summed E-state index contributed by atoms with van der Waals surface area (Å²) in [6.45, 7) is 3.46. The van der Waals surface area contributed by atoms with Gasteiger partial charge in [0.25, 0.3) is 5.91 Å². The molecule has 13 heteroatoms. The molecule has 1 fully saturated rings. The second-order valence-corrected chi connectivity index (χ2v) is 9.89. The van der Waals surface area contributed by atoms with Gasteiger partial charge in [0.1, 0.15) is 0 Å². The summed E-state index contributed by atoms with van der Waals surface area (Å²) in [7, 11) is -4.14. The Labute approximate surface area is 195 Å². The van der Waals surface area contributed by atoms with Gasteiger partial charge in [0, 0.05) is 37.4 Å². The molecule has 1 aromatic carbocycles. The lowest BCUT2D eigenvalue weighted by Gasteiger charge is -2.26. The Balaban J connectivity index is 1.70. The number of morpholine rings is 1. The number of carbonyl (C=O) groups is 1. The number of alkyl halides is 3. The minimum Gasteiger partial charge on any atom is -0.379 e. The lowest BCUT2D eigenvalue weighted by molar-refractivity contribution is -0.142. The second kappa shape index (κ2) is 9.64. The van der Waals surface area contributed by atoms with E-state index in [1.165, 1.54) is 12.1 Å². The average Bonchev–Trinajstić information content (AvgIpc) is 3.19. The van der Waals surface area contributed by atoms with E-state index in [2.05, 4.69) is 15.3 Å². The fourth-order valence-corrected chi connectivity index (χ4v) is 4.87. The summed E-state index contributed by atoms with van der Waals surface area (Å²) in [5, 5.41) is 11.8. The molecule has 1 amide bonds. The monoisotopic (exact) mass is 501 g/mol. The lowest BCUT2D eigenvalue weighted by Crippen LogP contribution is -2.41. The van der Waals surface area contributed by atoms with Gasteiger partial charge in [0.2, 0.25) is 10.0 Å². The number of hydrogen-bond donors (Lipinski definition) is 2. The maximum atomic E-state index is 13.7. The van der Waals surface area contributed by atoms with Crippen LogP contribution >= 0.6 is 0 Å². The Hall–Kier alpha value is -2.48. The second-order valence-electron chi connectivity index (χ2n) is 8.32. The first-order valence-electron chi connectivity index (χ1n) is 11.0. The molecule has 1 aromatic heterocycles. The van der Waals surface area contributed by atoms with E-state index < -0.39 is 27.8 Å². The molecule has 1 aliphatic carbocycles. The number of halogens is 3. The zero-order valence-electron chi connectivity index (χ0n) is 18.4. The largest absolute Gasteiger partial charge is 0.435 e. The molecule has 1 saturated heterocycles. The molecule has 1 aliphatic heterocycles. The van der Waals surface area contributed by atoms with Crippen molar-refractivity contribution in [2.45, 2.75) is 36.8 Å². The van der Waals surface area contributed by atoms with Crippen LogP contribution in [0, 0.1) is 0 Å². The Morgan fingerprint density at radius 2 is 1.88 bits per heavy atom. The average molecular weight is 502 g/mol. The van der Waals surface area contributed by atoms with Gasteiger partial charge >= 0.3 is 6.18 Å². The van der Waals surface area contributed by atoms with Gasteiger partial charge in [-0.2, -0.15) is 18.3 Å². The molecule has 2 aliphatic rings. The minimum atomic E-state index is -4.65. The molecule has 0 spiro atoms. The molecule has 0 unspecified atom stereocenters. The fourth-order valence-electron chi connectivity index (χ4n) is 4.33. The molecule has 34 heavy (non-hydrogen) atoms. The number of sulfonamides is 1. The third-order valence-electron chi connectivity index (χ3n) is 6.04. The van der Waals surface area contributed by atoms with Crippen molar-refractivity contribution in [3.8, 4) is 5.69 Å². The maximum absolute atomic E-state index is 13.7. The SMILES string of the molecule is NS(=O)(=O)c1ccc(-n2nc(C(F)(F)F)c3c2CCCC3)c(C(=O)NCCN2CCOCC2)c1. The highest BCUT2D eigenvalue weighted by molar-refractivity contribution is 7.89. The van der Waals surface area contributed by atoms with Crippen molar-refractivity contribution in [1.29, 1.82) is 0 Å². The summed E-state index contributed by atoms with van der Waals surface area (Å²) in [6, 6.07) is 3.52. The normalized spacial score (nSPS) is 17.4. The van der Waals surface area contributed by atoms with Crippen LogP contribution in [0.2, 0.25) is 0 Å². The van der Waals surface area contributed by atoms with Gasteiger partial charge in [0.05, 0.1) is 29.4 Å². The number of ether oxygens (including phenoxy) is 1. The zero-order chi connectivity index (χ0) is 24.5. The number of primary sulfonamides is 1.